The van der Waals surface area contributed by atoms with Crippen LogP contribution in [0.3, 0.4) is 0 Å². The van der Waals surface area contributed by atoms with Crippen molar-refractivity contribution in [1.82, 2.24) is 0 Å². The lowest BCUT2D eigenvalue weighted by atomic mass is 9.96. The maximum Gasteiger partial charge on any atom is 0.119 e. The van der Waals surface area contributed by atoms with Crippen molar-refractivity contribution < 1.29 is 9.84 Å². The number of hydrogen-bond donors (Lipinski definition) is 1. The summed E-state index contributed by atoms with van der Waals surface area (Å²) in [6.07, 6.45) is 0.937. The molecule has 2 rings (SSSR count). The van der Waals surface area contributed by atoms with E-state index in [-0.39, 0.29) is 5.16 Å². The minimum Gasteiger partial charge on any atom is -0.508 e. The molecule has 0 saturated carbocycles. The summed E-state index contributed by atoms with van der Waals surface area (Å²) >= 11 is 0. The molecule has 3 nitrogen and oxygen atoms in total. The summed E-state index contributed by atoms with van der Waals surface area (Å²) in [6, 6.07) is 12.1. The molecule has 0 aromatic heterocycles. The van der Waals surface area contributed by atoms with Gasteiger partial charge < -0.3 is 14.7 Å². The number of aryl methyl sites for hydroxylation is 1. The van der Waals surface area contributed by atoms with Crippen LogP contribution < -0.4 is 14.9 Å². The van der Waals surface area contributed by atoms with E-state index in [2.05, 4.69) is 58.0 Å². The van der Waals surface area contributed by atoms with Crippen molar-refractivity contribution in [3.63, 3.8) is 0 Å². The van der Waals surface area contributed by atoms with E-state index < -0.39 is 0 Å². The van der Waals surface area contributed by atoms with Gasteiger partial charge in [0.1, 0.15) is 11.5 Å². The van der Waals surface area contributed by atoms with E-state index in [9.17, 15) is 5.11 Å². The summed E-state index contributed by atoms with van der Waals surface area (Å²) in [7, 11) is 6.37. The zero-order chi connectivity index (χ0) is 17.9. The molecule has 0 bridgehead atoms. The number of ether oxygens (including phenoxy) is 1. The first-order chi connectivity index (χ1) is 11.3. The zero-order valence-corrected chi connectivity index (χ0v) is 16.5. The predicted molar refractivity (Wildman–Crippen MR) is 106 cm³/mol. The summed E-state index contributed by atoms with van der Waals surface area (Å²) in [4.78, 5) is 2.16. The van der Waals surface area contributed by atoms with Crippen molar-refractivity contribution in [2.75, 3.05) is 26.1 Å². The molecule has 0 spiro atoms. The van der Waals surface area contributed by atoms with E-state index in [1.54, 1.807) is 19.2 Å². The van der Waals surface area contributed by atoms with Crippen LogP contribution in [0, 0.1) is 6.92 Å². The summed E-state index contributed by atoms with van der Waals surface area (Å²) in [6.45, 7) is 6.52. The van der Waals surface area contributed by atoms with Crippen molar-refractivity contribution in [1.29, 1.82) is 0 Å². The van der Waals surface area contributed by atoms with Gasteiger partial charge >= 0.3 is 0 Å². The van der Waals surface area contributed by atoms with Crippen molar-refractivity contribution in [2.24, 2.45) is 0 Å². The lowest BCUT2D eigenvalue weighted by Gasteiger charge is -2.32. The fourth-order valence-electron chi connectivity index (χ4n) is 2.84. The average molecular weight is 345 g/mol. The van der Waals surface area contributed by atoms with Crippen LogP contribution in [0.15, 0.2) is 36.4 Å². The molecule has 0 radical (unpaired) electrons. The highest BCUT2D eigenvalue weighted by Gasteiger charge is 2.29. The molecule has 0 aliphatic carbocycles. The highest BCUT2D eigenvalue weighted by atomic mass is 31.1. The van der Waals surface area contributed by atoms with E-state index >= 15 is 0 Å². The molecule has 1 N–H and O–H groups in total. The van der Waals surface area contributed by atoms with Crippen LogP contribution >= 0.6 is 8.58 Å². The summed E-state index contributed by atoms with van der Waals surface area (Å²) in [5.74, 6) is 1.12. The topological polar surface area (TPSA) is 32.7 Å². The molecule has 0 amide bonds. The van der Waals surface area contributed by atoms with Gasteiger partial charge in [0.15, 0.2) is 0 Å². The smallest absolute Gasteiger partial charge is 0.119 e. The van der Waals surface area contributed by atoms with Crippen LogP contribution in [0.2, 0.25) is 0 Å². The number of phenols is 1. The highest BCUT2D eigenvalue weighted by Crippen LogP contribution is 2.48. The van der Waals surface area contributed by atoms with Crippen molar-refractivity contribution in [3.05, 3.63) is 47.5 Å². The Kier molecular flexibility index (Phi) is 5.77. The third-order valence-corrected chi connectivity index (χ3v) is 6.42. The molecule has 4 heteroatoms. The molecule has 0 saturated heterocycles. The van der Waals surface area contributed by atoms with Gasteiger partial charge in [0.05, 0.1) is 7.11 Å². The van der Waals surface area contributed by atoms with E-state index in [0.717, 1.165) is 17.7 Å². The Morgan fingerprint density at radius 1 is 1.17 bits per heavy atom. The summed E-state index contributed by atoms with van der Waals surface area (Å²) < 4.78 is 5.36. The Morgan fingerprint density at radius 3 is 2.46 bits per heavy atom. The fraction of sp³-hybridized carbons (Fsp3) is 0.400. The van der Waals surface area contributed by atoms with Gasteiger partial charge in [0.25, 0.3) is 0 Å². The first kappa shape index (κ1) is 18.6. The minimum atomic E-state index is -0.140. The SMILES string of the molecule is CCC(C)(Pc1ccc(C)cc1N(C)C)c1cc(OC)ccc1O. The van der Waals surface area contributed by atoms with Crippen LogP contribution in [0.25, 0.3) is 0 Å². The Hall–Kier alpha value is -1.73. The maximum atomic E-state index is 10.4. The molecule has 0 aliphatic heterocycles. The summed E-state index contributed by atoms with van der Waals surface area (Å²) in [5.41, 5.74) is 3.46. The zero-order valence-electron chi connectivity index (χ0n) is 15.5. The molecule has 130 valence electrons. The normalized spacial score (nSPS) is 13.9. The second-order valence-corrected chi connectivity index (χ2v) is 8.50. The molecular formula is C20H28NO2P. The molecule has 2 atom stereocenters. The van der Waals surface area contributed by atoms with Gasteiger partial charge in [0.2, 0.25) is 0 Å². The molecule has 2 aromatic rings. The first-order valence-electron chi connectivity index (χ1n) is 8.24. The van der Waals surface area contributed by atoms with Crippen LogP contribution in [0.5, 0.6) is 11.5 Å². The molecular weight excluding hydrogens is 317 g/mol. The van der Waals surface area contributed by atoms with Crippen LogP contribution in [-0.4, -0.2) is 26.3 Å². The highest BCUT2D eigenvalue weighted by molar-refractivity contribution is 7.49. The van der Waals surface area contributed by atoms with E-state index in [1.807, 2.05) is 6.07 Å². The number of methoxy groups -OCH3 is 1. The number of hydrogen-bond acceptors (Lipinski definition) is 3. The lowest BCUT2D eigenvalue weighted by Crippen LogP contribution is -2.23. The van der Waals surface area contributed by atoms with Gasteiger partial charge in [-0.25, -0.2) is 0 Å². The number of aromatic hydroxyl groups is 1. The maximum absolute atomic E-state index is 10.4. The van der Waals surface area contributed by atoms with Crippen LogP contribution in [-0.2, 0) is 5.16 Å². The first-order valence-corrected chi connectivity index (χ1v) is 9.24. The van der Waals surface area contributed by atoms with Crippen LogP contribution in [0.4, 0.5) is 5.69 Å². The van der Waals surface area contributed by atoms with Gasteiger partial charge in [-0.15, -0.1) is 0 Å². The lowest BCUT2D eigenvalue weighted by molar-refractivity contribution is 0.408. The average Bonchev–Trinajstić information content (AvgIpc) is 2.56. The van der Waals surface area contributed by atoms with Crippen molar-refractivity contribution >= 4 is 19.6 Å². The number of anilines is 1. The molecule has 0 aliphatic rings. The molecule has 2 aromatic carbocycles. The number of phenolic OH excluding ortho intramolecular Hbond substituents is 1. The summed E-state index contributed by atoms with van der Waals surface area (Å²) in [5, 5.41) is 11.6. The van der Waals surface area contributed by atoms with Gasteiger partial charge in [-0.05, 0) is 48.5 Å². The second kappa shape index (κ2) is 7.44. The van der Waals surface area contributed by atoms with Crippen molar-refractivity contribution in [2.45, 2.75) is 32.3 Å². The van der Waals surface area contributed by atoms with Crippen LogP contribution in [0.1, 0.15) is 31.4 Å². The fourth-order valence-corrected chi connectivity index (χ4v) is 4.54. The quantitative estimate of drug-likeness (QED) is 0.788. The predicted octanol–water partition coefficient (Wildman–Crippen LogP) is 4.40. The Balaban J connectivity index is 2.49. The molecule has 0 heterocycles. The second-order valence-electron chi connectivity index (χ2n) is 6.61. The standard InChI is InChI=1S/C20H28NO2P/c1-7-20(3,16-13-15(23-6)9-10-18(16)22)24-19-11-8-14(2)12-17(19)21(4)5/h8-13,22,24H,7H2,1-6H3. The van der Waals surface area contributed by atoms with Crippen molar-refractivity contribution in [3.8, 4) is 11.5 Å². The van der Waals surface area contributed by atoms with Gasteiger partial charge in [-0.3, -0.25) is 0 Å². The molecule has 0 fully saturated rings. The minimum absolute atomic E-state index is 0.140. The van der Waals surface area contributed by atoms with Gasteiger partial charge in [0, 0.05) is 30.5 Å². The van der Waals surface area contributed by atoms with E-state index in [4.69, 9.17) is 4.74 Å². The monoisotopic (exact) mass is 345 g/mol. The number of benzene rings is 2. The van der Waals surface area contributed by atoms with E-state index in [1.165, 1.54) is 16.6 Å². The third kappa shape index (κ3) is 3.84. The molecule has 24 heavy (non-hydrogen) atoms. The van der Waals surface area contributed by atoms with Gasteiger partial charge in [-0.1, -0.05) is 34.6 Å². The largest absolute Gasteiger partial charge is 0.508 e. The Bertz CT molecular complexity index is 715. The Morgan fingerprint density at radius 2 is 1.88 bits per heavy atom. The van der Waals surface area contributed by atoms with Gasteiger partial charge in [-0.2, -0.15) is 0 Å². The number of rotatable bonds is 6. The molecule has 2 unspecified atom stereocenters. The number of nitrogens with zero attached hydrogens (tertiary/aromatic N) is 1. The van der Waals surface area contributed by atoms with E-state index in [0.29, 0.717) is 14.3 Å². The third-order valence-electron chi connectivity index (χ3n) is 4.55. The Labute approximate surface area is 147 Å².